The standard InChI is InChI=1S/C60H39N3/c1-37-55-49-24-14-16-26-53(49)63-59(57(55)38(2)54-48-23-13-15-25-52(48)62-58(56(37)54)40-17-7-4-8-18-40)41-29-27-39(28-30-41)42-31-33-46-47-34-32-45(61-3)36-51(47)60(50(46)35-42,43-19-9-5-10-20-43)44-21-11-6-12-22-44/h4-36H,1-2H3. The van der Waals surface area contributed by atoms with E-state index in [0.717, 1.165) is 61.0 Å². The minimum Gasteiger partial charge on any atom is -0.247 e. The molecule has 1 aliphatic carbocycles. The lowest BCUT2D eigenvalue weighted by Crippen LogP contribution is -2.28. The summed E-state index contributed by atoms with van der Waals surface area (Å²) in [6.45, 7) is 12.5. The van der Waals surface area contributed by atoms with E-state index in [-0.39, 0.29) is 0 Å². The van der Waals surface area contributed by atoms with E-state index in [1.165, 1.54) is 60.5 Å². The molecule has 2 aromatic heterocycles. The van der Waals surface area contributed by atoms with E-state index in [9.17, 15) is 0 Å². The smallest absolute Gasteiger partial charge is 0.187 e. The molecule has 294 valence electrons. The van der Waals surface area contributed by atoms with Gasteiger partial charge in [0.15, 0.2) is 5.69 Å². The first-order valence-electron chi connectivity index (χ1n) is 21.5. The van der Waals surface area contributed by atoms with Crippen LogP contribution in [0.3, 0.4) is 0 Å². The highest BCUT2D eigenvalue weighted by molar-refractivity contribution is 6.25. The Morgan fingerprint density at radius 3 is 1.37 bits per heavy atom. The Hall–Kier alpha value is -8.19. The molecule has 0 N–H and O–H groups in total. The third-order valence-electron chi connectivity index (χ3n) is 13.5. The summed E-state index contributed by atoms with van der Waals surface area (Å²) in [4.78, 5) is 14.7. The van der Waals surface area contributed by atoms with Crippen molar-refractivity contribution in [2.45, 2.75) is 19.3 Å². The molecule has 1 aliphatic rings. The van der Waals surface area contributed by atoms with Gasteiger partial charge in [-0.15, -0.1) is 0 Å². The molecule has 12 rings (SSSR count). The molecule has 0 bridgehead atoms. The molecule has 9 aromatic carbocycles. The van der Waals surface area contributed by atoms with E-state index >= 15 is 0 Å². The minimum absolute atomic E-state index is 0.601. The minimum atomic E-state index is -0.601. The van der Waals surface area contributed by atoms with E-state index < -0.39 is 5.41 Å². The molecule has 0 spiro atoms. The molecule has 0 radical (unpaired) electrons. The summed E-state index contributed by atoms with van der Waals surface area (Å²) in [7, 11) is 0. The van der Waals surface area contributed by atoms with Gasteiger partial charge in [-0.3, -0.25) is 0 Å². The lowest BCUT2D eigenvalue weighted by Gasteiger charge is -2.34. The highest BCUT2D eigenvalue weighted by atomic mass is 14.7. The predicted octanol–water partition coefficient (Wildman–Crippen LogP) is 15.6. The second kappa shape index (κ2) is 14.2. The van der Waals surface area contributed by atoms with Gasteiger partial charge in [0.05, 0.1) is 34.4 Å². The quantitative estimate of drug-likeness (QED) is 0.0986. The largest absolute Gasteiger partial charge is 0.247 e. The van der Waals surface area contributed by atoms with Gasteiger partial charge >= 0.3 is 0 Å². The topological polar surface area (TPSA) is 30.1 Å². The molecular formula is C60H39N3. The molecule has 0 atom stereocenters. The van der Waals surface area contributed by atoms with Crippen molar-refractivity contribution < 1.29 is 0 Å². The predicted molar refractivity (Wildman–Crippen MR) is 261 cm³/mol. The Morgan fingerprint density at radius 1 is 0.397 bits per heavy atom. The van der Waals surface area contributed by atoms with Crippen LogP contribution in [0.4, 0.5) is 5.69 Å². The molecule has 3 heteroatoms. The monoisotopic (exact) mass is 801 g/mol. The van der Waals surface area contributed by atoms with Crippen LogP contribution in [0.1, 0.15) is 33.4 Å². The summed E-state index contributed by atoms with van der Waals surface area (Å²) in [6, 6.07) is 71.4. The number of benzene rings is 9. The van der Waals surface area contributed by atoms with Crippen molar-refractivity contribution in [1.82, 2.24) is 9.97 Å². The van der Waals surface area contributed by atoms with Gasteiger partial charge in [-0.05, 0) is 98.5 Å². The third kappa shape index (κ3) is 5.38. The Labute approximate surface area is 366 Å². The zero-order chi connectivity index (χ0) is 42.2. The van der Waals surface area contributed by atoms with Crippen LogP contribution in [0.2, 0.25) is 0 Å². The Balaban J connectivity index is 1.07. The van der Waals surface area contributed by atoms with Crippen LogP contribution >= 0.6 is 0 Å². The number of rotatable bonds is 5. The summed E-state index contributed by atoms with van der Waals surface area (Å²) >= 11 is 0. The number of fused-ring (bicyclic) bond motifs is 9. The summed E-state index contributed by atoms with van der Waals surface area (Å²) in [5.74, 6) is 0. The number of aromatic nitrogens is 2. The molecule has 0 saturated heterocycles. The van der Waals surface area contributed by atoms with Crippen molar-refractivity contribution in [3.05, 3.63) is 245 Å². The van der Waals surface area contributed by atoms with Crippen molar-refractivity contribution in [1.29, 1.82) is 0 Å². The maximum Gasteiger partial charge on any atom is 0.187 e. The fourth-order valence-electron chi connectivity index (χ4n) is 10.7. The van der Waals surface area contributed by atoms with Crippen LogP contribution in [0.25, 0.3) is 93.0 Å². The molecule has 0 aliphatic heterocycles. The van der Waals surface area contributed by atoms with Crippen molar-refractivity contribution in [2.24, 2.45) is 0 Å². The second-order valence-electron chi connectivity index (χ2n) is 16.7. The van der Waals surface area contributed by atoms with Crippen LogP contribution in [-0.2, 0) is 5.41 Å². The second-order valence-corrected chi connectivity index (χ2v) is 16.7. The maximum absolute atomic E-state index is 7.96. The van der Waals surface area contributed by atoms with E-state index in [2.05, 4.69) is 213 Å². The molecule has 0 saturated carbocycles. The van der Waals surface area contributed by atoms with Crippen LogP contribution < -0.4 is 0 Å². The normalized spacial score (nSPS) is 12.7. The molecule has 0 unspecified atom stereocenters. The summed E-state index contributed by atoms with van der Waals surface area (Å²) in [5.41, 5.74) is 17.9. The number of pyridine rings is 2. The average molecular weight is 802 g/mol. The number of nitrogens with zero attached hydrogens (tertiary/aromatic N) is 3. The van der Waals surface area contributed by atoms with Gasteiger partial charge in [0.1, 0.15) is 0 Å². The van der Waals surface area contributed by atoms with Crippen LogP contribution in [0.5, 0.6) is 0 Å². The lowest BCUT2D eigenvalue weighted by molar-refractivity contribution is 0.769. The third-order valence-corrected chi connectivity index (χ3v) is 13.5. The van der Waals surface area contributed by atoms with Crippen molar-refractivity contribution in [2.75, 3.05) is 0 Å². The van der Waals surface area contributed by atoms with Gasteiger partial charge in [-0.2, -0.15) is 0 Å². The fourth-order valence-corrected chi connectivity index (χ4v) is 10.7. The molecule has 11 aromatic rings. The zero-order valence-corrected chi connectivity index (χ0v) is 34.9. The van der Waals surface area contributed by atoms with Gasteiger partial charge in [-0.1, -0.05) is 182 Å². The zero-order valence-electron chi connectivity index (χ0n) is 34.9. The highest BCUT2D eigenvalue weighted by Crippen LogP contribution is 2.57. The number of hydrogen-bond donors (Lipinski definition) is 0. The Morgan fingerprint density at radius 2 is 0.825 bits per heavy atom. The fraction of sp³-hybridized carbons (Fsp3) is 0.0500. The average Bonchev–Trinajstić information content (AvgIpc) is 3.65. The van der Waals surface area contributed by atoms with Crippen LogP contribution in [0.15, 0.2) is 200 Å². The van der Waals surface area contributed by atoms with E-state index in [0.29, 0.717) is 5.69 Å². The molecule has 0 fully saturated rings. The Kier molecular flexibility index (Phi) is 8.26. The van der Waals surface area contributed by atoms with Gasteiger partial charge in [0.2, 0.25) is 0 Å². The van der Waals surface area contributed by atoms with Gasteiger partial charge in [0.25, 0.3) is 0 Å². The van der Waals surface area contributed by atoms with Crippen LogP contribution in [0, 0.1) is 20.4 Å². The first-order valence-corrected chi connectivity index (χ1v) is 21.5. The molecule has 2 heterocycles. The summed E-state index contributed by atoms with van der Waals surface area (Å²) in [6.07, 6.45) is 0. The number of hydrogen-bond acceptors (Lipinski definition) is 2. The summed E-state index contributed by atoms with van der Waals surface area (Å²) < 4.78 is 0. The van der Waals surface area contributed by atoms with E-state index in [4.69, 9.17) is 16.5 Å². The van der Waals surface area contributed by atoms with E-state index in [1.807, 2.05) is 6.07 Å². The molecule has 3 nitrogen and oxygen atoms in total. The molecule has 0 amide bonds. The summed E-state index contributed by atoms with van der Waals surface area (Å²) in [5, 5.41) is 7.10. The lowest BCUT2D eigenvalue weighted by atomic mass is 9.67. The van der Waals surface area contributed by atoms with Gasteiger partial charge < -0.3 is 0 Å². The SMILES string of the molecule is [C-]#[N+]c1ccc2c(c1)C(c1ccccc1)(c1ccccc1)c1cc(-c3ccc(-c4nc5ccccc5c5c(C)c6c(-c7ccccc7)nc7ccccc7c6c(C)c45)cc3)ccc1-2. The highest BCUT2D eigenvalue weighted by Gasteiger charge is 2.46. The van der Waals surface area contributed by atoms with Crippen molar-refractivity contribution in [3.63, 3.8) is 0 Å². The maximum atomic E-state index is 7.96. The number of para-hydroxylation sites is 2. The van der Waals surface area contributed by atoms with E-state index in [1.54, 1.807) is 0 Å². The first kappa shape index (κ1) is 36.6. The Bertz CT molecular complexity index is 3640. The van der Waals surface area contributed by atoms with Gasteiger partial charge in [-0.25, -0.2) is 14.8 Å². The van der Waals surface area contributed by atoms with Crippen molar-refractivity contribution in [3.8, 4) is 44.8 Å². The van der Waals surface area contributed by atoms with Gasteiger partial charge in [0, 0.05) is 32.7 Å². The molecular weight excluding hydrogens is 763 g/mol. The van der Waals surface area contributed by atoms with Crippen LogP contribution in [-0.4, -0.2) is 9.97 Å². The number of aryl methyl sites for hydroxylation is 2. The molecule has 63 heavy (non-hydrogen) atoms. The first-order chi connectivity index (χ1) is 31.0. The van der Waals surface area contributed by atoms with Crippen molar-refractivity contribution >= 4 is 49.0 Å².